The zero-order valence-electron chi connectivity index (χ0n) is 7.41. The molecule has 0 heterocycles. The van der Waals surface area contributed by atoms with E-state index >= 15 is 0 Å². The van der Waals surface area contributed by atoms with Crippen molar-refractivity contribution in [3.63, 3.8) is 0 Å². The highest BCUT2D eigenvalue weighted by atomic mass is 127. The van der Waals surface area contributed by atoms with Crippen molar-refractivity contribution in [1.29, 1.82) is 0 Å². The van der Waals surface area contributed by atoms with E-state index in [9.17, 15) is 0 Å². The number of aliphatic hydroxyl groups is 1. The number of halogens is 1. The first-order valence-corrected chi connectivity index (χ1v) is 5.44. The fourth-order valence-electron chi connectivity index (χ4n) is 1.22. The van der Waals surface area contributed by atoms with Crippen molar-refractivity contribution in [2.75, 3.05) is 6.61 Å². The van der Waals surface area contributed by atoms with Gasteiger partial charge < -0.3 is 10.8 Å². The van der Waals surface area contributed by atoms with Crippen LogP contribution in [0.25, 0.3) is 0 Å². The van der Waals surface area contributed by atoms with Crippen molar-refractivity contribution in [1.82, 2.24) is 0 Å². The summed E-state index contributed by atoms with van der Waals surface area (Å²) >= 11 is 2.27. The van der Waals surface area contributed by atoms with Gasteiger partial charge in [0.1, 0.15) is 0 Å². The van der Waals surface area contributed by atoms with Crippen LogP contribution in [0.2, 0.25) is 0 Å². The van der Waals surface area contributed by atoms with Crippen molar-refractivity contribution < 1.29 is 5.11 Å². The Labute approximate surface area is 92.3 Å². The van der Waals surface area contributed by atoms with Gasteiger partial charge in [-0.2, -0.15) is 0 Å². The average molecular weight is 291 g/mol. The summed E-state index contributed by atoms with van der Waals surface area (Å²) in [5.74, 6) is 0. The normalized spacial score (nSPS) is 12.8. The largest absolute Gasteiger partial charge is 0.396 e. The van der Waals surface area contributed by atoms with E-state index in [4.69, 9.17) is 10.8 Å². The molecule has 0 fully saturated rings. The van der Waals surface area contributed by atoms with Crippen LogP contribution in [0, 0.1) is 3.57 Å². The summed E-state index contributed by atoms with van der Waals surface area (Å²) in [6, 6.07) is 8.23. The van der Waals surface area contributed by atoms with Gasteiger partial charge in [0, 0.05) is 16.2 Å². The number of nitrogens with two attached hydrogens (primary N) is 1. The number of aliphatic hydroxyl groups excluding tert-OH is 1. The standard InChI is InChI=1S/C10H14INO/c11-9-4-1-3-8(7-9)10(12)5-2-6-13/h1,3-4,7,10,13H,2,5-6,12H2/t10-/m0/s1. The summed E-state index contributed by atoms with van der Waals surface area (Å²) in [6.07, 6.45) is 1.61. The van der Waals surface area contributed by atoms with E-state index in [1.165, 1.54) is 3.57 Å². The van der Waals surface area contributed by atoms with Crippen LogP contribution in [0.15, 0.2) is 24.3 Å². The molecule has 0 amide bonds. The molecule has 3 heteroatoms. The predicted molar refractivity (Wildman–Crippen MR) is 62.4 cm³/mol. The van der Waals surface area contributed by atoms with E-state index in [0.717, 1.165) is 18.4 Å². The zero-order chi connectivity index (χ0) is 9.68. The van der Waals surface area contributed by atoms with Crippen LogP contribution in [-0.2, 0) is 0 Å². The lowest BCUT2D eigenvalue weighted by molar-refractivity contribution is 0.280. The summed E-state index contributed by atoms with van der Waals surface area (Å²) in [6.45, 7) is 0.220. The van der Waals surface area contributed by atoms with Gasteiger partial charge in [-0.1, -0.05) is 12.1 Å². The first kappa shape index (κ1) is 10.9. The molecule has 2 nitrogen and oxygen atoms in total. The smallest absolute Gasteiger partial charge is 0.0431 e. The lowest BCUT2D eigenvalue weighted by atomic mass is 10.0. The fourth-order valence-corrected chi connectivity index (χ4v) is 1.78. The molecule has 72 valence electrons. The number of benzene rings is 1. The minimum Gasteiger partial charge on any atom is -0.396 e. The van der Waals surface area contributed by atoms with E-state index in [0.29, 0.717) is 0 Å². The molecule has 0 saturated carbocycles. The zero-order valence-corrected chi connectivity index (χ0v) is 9.57. The molecular formula is C10H14INO. The Morgan fingerprint density at radius 3 is 2.85 bits per heavy atom. The van der Waals surface area contributed by atoms with Crippen LogP contribution in [0.3, 0.4) is 0 Å². The molecule has 13 heavy (non-hydrogen) atoms. The number of hydrogen-bond acceptors (Lipinski definition) is 2. The molecule has 0 aliphatic carbocycles. The van der Waals surface area contributed by atoms with Crippen LogP contribution in [0.5, 0.6) is 0 Å². The Balaban J connectivity index is 2.60. The summed E-state index contributed by atoms with van der Waals surface area (Å²) in [5, 5.41) is 8.66. The molecule has 0 spiro atoms. The first-order chi connectivity index (χ1) is 6.24. The van der Waals surface area contributed by atoms with E-state index in [2.05, 4.69) is 28.7 Å². The average Bonchev–Trinajstić information content (AvgIpc) is 2.14. The topological polar surface area (TPSA) is 46.2 Å². The molecule has 0 aliphatic heterocycles. The minimum atomic E-state index is 0.0573. The first-order valence-electron chi connectivity index (χ1n) is 4.36. The second-order valence-corrected chi connectivity index (χ2v) is 4.27. The molecule has 0 aliphatic rings. The van der Waals surface area contributed by atoms with E-state index in [-0.39, 0.29) is 12.6 Å². The summed E-state index contributed by atoms with van der Waals surface area (Å²) in [4.78, 5) is 0. The maximum atomic E-state index is 8.66. The Bertz CT molecular complexity index is 265. The van der Waals surface area contributed by atoms with Crippen LogP contribution < -0.4 is 5.73 Å². The Morgan fingerprint density at radius 2 is 2.23 bits per heavy atom. The SMILES string of the molecule is N[C@@H](CCCO)c1cccc(I)c1. The van der Waals surface area contributed by atoms with Gasteiger partial charge in [0.05, 0.1) is 0 Å². The molecule has 1 atom stereocenters. The van der Waals surface area contributed by atoms with Gasteiger partial charge in [0.2, 0.25) is 0 Å². The maximum Gasteiger partial charge on any atom is 0.0431 e. The molecular weight excluding hydrogens is 277 g/mol. The molecule has 1 rings (SSSR count). The highest BCUT2D eigenvalue weighted by Gasteiger charge is 2.04. The molecule has 0 radical (unpaired) electrons. The third-order valence-electron chi connectivity index (χ3n) is 1.95. The van der Waals surface area contributed by atoms with E-state index < -0.39 is 0 Å². The molecule has 0 bridgehead atoms. The molecule has 0 aromatic heterocycles. The van der Waals surface area contributed by atoms with Crippen LogP contribution >= 0.6 is 22.6 Å². The predicted octanol–water partition coefficient (Wildman–Crippen LogP) is 2.06. The van der Waals surface area contributed by atoms with Crippen molar-refractivity contribution in [2.45, 2.75) is 18.9 Å². The van der Waals surface area contributed by atoms with Gasteiger partial charge in [-0.25, -0.2) is 0 Å². The van der Waals surface area contributed by atoms with E-state index in [1.54, 1.807) is 0 Å². The third-order valence-corrected chi connectivity index (χ3v) is 2.62. The molecule has 3 N–H and O–H groups in total. The van der Waals surface area contributed by atoms with Gasteiger partial charge in [0.25, 0.3) is 0 Å². The van der Waals surface area contributed by atoms with Gasteiger partial charge >= 0.3 is 0 Å². The lowest BCUT2D eigenvalue weighted by Gasteiger charge is -2.10. The Morgan fingerprint density at radius 1 is 1.46 bits per heavy atom. The number of hydrogen-bond donors (Lipinski definition) is 2. The van der Waals surface area contributed by atoms with Crippen LogP contribution in [0.1, 0.15) is 24.4 Å². The quantitative estimate of drug-likeness (QED) is 0.834. The highest BCUT2D eigenvalue weighted by Crippen LogP contribution is 2.17. The van der Waals surface area contributed by atoms with Crippen molar-refractivity contribution >= 4 is 22.6 Å². The molecule has 1 aromatic rings. The molecule has 1 aromatic carbocycles. The van der Waals surface area contributed by atoms with Crippen LogP contribution in [0.4, 0.5) is 0 Å². The second-order valence-electron chi connectivity index (χ2n) is 3.03. The van der Waals surface area contributed by atoms with Crippen molar-refractivity contribution in [3.05, 3.63) is 33.4 Å². The van der Waals surface area contributed by atoms with E-state index in [1.807, 2.05) is 18.2 Å². The lowest BCUT2D eigenvalue weighted by Crippen LogP contribution is -2.10. The van der Waals surface area contributed by atoms with Gasteiger partial charge in [-0.05, 0) is 53.1 Å². The second kappa shape index (κ2) is 5.57. The molecule has 0 saturated heterocycles. The van der Waals surface area contributed by atoms with Crippen molar-refractivity contribution in [3.8, 4) is 0 Å². The summed E-state index contributed by atoms with van der Waals surface area (Å²) < 4.78 is 1.20. The monoisotopic (exact) mass is 291 g/mol. The maximum absolute atomic E-state index is 8.66. The molecule has 0 unspecified atom stereocenters. The summed E-state index contributed by atoms with van der Waals surface area (Å²) in [5.41, 5.74) is 7.09. The third kappa shape index (κ3) is 3.62. The highest BCUT2D eigenvalue weighted by molar-refractivity contribution is 14.1. The number of rotatable bonds is 4. The van der Waals surface area contributed by atoms with Crippen LogP contribution in [-0.4, -0.2) is 11.7 Å². The van der Waals surface area contributed by atoms with Gasteiger partial charge in [0.15, 0.2) is 0 Å². The summed E-state index contributed by atoms with van der Waals surface area (Å²) in [7, 11) is 0. The van der Waals surface area contributed by atoms with Crippen molar-refractivity contribution in [2.24, 2.45) is 5.73 Å². The fraction of sp³-hybridized carbons (Fsp3) is 0.400. The van der Waals surface area contributed by atoms with Gasteiger partial charge in [-0.15, -0.1) is 0 Å². The Hall–Kier alpha value is -0.130. The van der Waals surface area contributed by atoms with Gasteiger partial charge in [-0.3, -0.25) is 0 Å². The Kier molecular flexibility index (Phi) is 4.69. The minimum absolute atomic E-state index is 0.0573.